The first-order valence-electron chi connectivity index (χ1n) is 11.5. The lowest BCUT2D eigenvalue weighted by molar-refractivity contribution is 0.255. The van der Waals surface area contributed by atoms with E-state index in [1.807, 2.05) is 38.2 Å². The van der Waals surface area contributed by atoms with E-state index in [1.54, 1.807) is 43.6 Å². The number of rotatable bonds is 8. The van der Waals surface area contributed by atoms with Crippen LogP contribution >= 0.6 is 0 Å². The molecule has 1 aliphatic rings. The van der Waals surface area contributed by atoms with Crippen LogP contribution in [-0.4, -0.2) is 48.9 Å². The average Bonchev–Trinajstić information content (AvgIpc) is 2.85. The fourth-order valence-electron chi connectivity index (χ4n) is 4.20. The summed E-state index contributed by atoms with van der Waals surface area (Å²) in [6, 6.07) is 17.1. The van der Waals surface area contributed by atoms with E-state index in [0.29, 0.717) is 23.5 Å². The van der Waals surface area contributed by atoms with Crippen molar-refractivity contribution in [1.29, 1.82) is 0 Å². The van der Waals surface area contributed by atoms with Crippen LogP contribution in [0.1, 0.15) is 31.2 Å². The van der Waals surface area contributed by atoms with E-state index in [0.717, 1.165) is 31.4 Å². The standard InChI is InChI=1S/C25H32N6O2S/c1-18-4-6-20(7-5-18)28-24-16-17-27-25(30-24)29-21-10-14-23(15-11-21)34(32,33)31(3)22-12-8-19(26-2)9-13-22/h4-7,10-11,14-17,19,22,26H,8-9,12-13H2,1-3H3,(H2,27,28,29,30). The topological polar surface area (TPSA) is 99.3 Å². The molecule has 2 aromatic carbocycles. The maximum Gasteiger partial charge on any atom is 0.243 e. The highest BCUT2D eigenvalue weighted by Crippen LogP contribution is 2.27. The Morgan fingerprint density at radius 3 is 2.15 bits per heavy atom. The number of sulfonamides is 1. The third-order valence-corrected chi connectivity index (χ3v) is 8.31. The van der Waals surface area contributed by atoms with Gasteiger partial charge in [-0.3, -0.25) is 0 Å². The molecule has 180 valence electrons. The van der Waals surface area contributed by atoms with Crippen LogP contribution in [0.5, 0.6) is 0 Å². The second kappa shape index (κ2) is 10.5. The van der Waals surface area contributed by atoms with Crippen LogP contribution in [0.3, 0.4) is 0 Å². The molecule has 0 bridgehead atoms. The second-order valence-corrected chi connectivity index (χ2v) is 10.7. The Morgan fingerprint density at radius 2 is 1.50 bits per heavy atom. The molecule has 0 spiro atoms. The number of hydrogen-bond donors (Lipinski definition) is 3. The number of hydrogen-bond acceptors (Lipinski definition) is 7. The van der Waals surface area contributed by atoms with E-state index in [1.165, 1.54) is 9.87 Å². The van der Waals surface area contributed by atoms with Crippen molar-refractivity contribution in [1.82, 2.24) is 19.6 Å². The first kappa shape index (κ1) is 24.1. The number of nitrogens with zero attached hydrogens (tertiary/aromatic N) is 3. The van der Waals surface area contributed by atoms with Crippen molar-refractivity contribution in [3.8, 4) is 0 Å². The van der Waals surface area contributed by atoms with Gasteiger partial charge in [-0.05, 0) is 82.1 Å². The second-order valence-electron chi connectivity index (χ2n) is 8.72. The first-order valence-corrected chi connectivity index (χ1v) is 13.0. The smallest absolute Gasteiger partial charge is 0.243 e. The van der Waals surface area contributed by atoms with Crippen molar-refractivity contribution < 1.29 is 8.42 Å². The van der Waals surface area contributed by atoms with Crippen molar-refractivity contribution in [2.45, 2.75) is 49.6 Å². The molecule has 1 aromatic heterocycles. The minimum Gasteiger partial charge on any atom is -0.340 e. The van der Waals surface area contributed by atoms with Crippen molar-refractivity contribution in [3.05, 3.63) is 66.4 Å². The minimum atomic E-state index is -3.55. The highest BCUT2D eigenvalue weighted by atomic mass is 32.2. The van der Waals surface area contributed by atoms with E-state index in [2.05, 4.69) is 25.9 Å². The lowest BCUT2D eigenvalue weighted by Gasteiger charge is -2.33. The molecule has 1 aliphatic carbocycles. The molecular weight excluding hydrogens is 448 g/mol. The van der Waals surface area contributed by atoms with Gasteiger partial charge in [0.25, 0.3) is 0 Å². The number of anilines is 4. The molecule has 3 N–H and O–H groups in total. The average molecular weight is 481 g/mol. The summed E-state index contributed by atoms with van der Waals surface area (Å²) in [4.78, 5) is 9.05. The Hall–Kier alpha value is -3.01. The van der Waals surface area contributed by atoms with Gasteiger partial charge in [0.2, 0.25) is 16.0 Å². The fraction of sp³-hybridized carbons (Fsp3) is 0.360. The van der Waals surface area contributed by atoms with Crippen LogP contribution < -0.4 is 16.0 Å². The molecule has 8 nitrogen and oxygen atoms in total. The van der Waals surface area contributed by atoms with Gasteiger partial charge in [-0.1, -0.05) is 17.7 Å². The number of nitrogens with one attached hydrogen (secondary N) is 3. The van der Waals surface area contributed by atoms with Gasteiger partial charge in [-0.2, -0.15) is 9.29 Å². The Kier molecular flexibility index (Phi) is 7.45. The quantitative estimate of drug-likeness (QED) is 0.439. The zero-order valence-corrected chi connectivity index (χ0v) is 20.6. The number of benzene rings is 2. The summed E-state index contributed by atoms with van der Waals surface area (Å²) in [5.74, 6) is 1.08. The van der Waals surface area contributed by atoms with Gasteiger partial charge in [0.15, 0.2) is 0 Å². The summed E-state index contributed by atoms with van der Waals surface area (Å²) >= 11 is 0. The van der Waals surface area contributed by atoms with Crippen LogP contribution in [0.25, 0.3) is 0 Å². The van der Waals surface area contributed by atoms with Crippen LogP contribution in [0, 0.1) is 6.92 Å². The van der Waals surface area contributed by atoms with E-state index < -0.39 is 10.0 Å². The summed E-state index contributed by atoms with van der Waals surface area (Å²) in [5, 5.41) is 9.69. The molecular formula is C25H32N6O2S. The molecule has 0 unspecified atom stereocenters. The maximum absolute atomic E-state index is 13.1. The van der Waals surface area contributed by atoms with Gasteiger partial charge in [0.1, 0.15) is 5.82 Å². The van der Waals surface area contributed by atoms with E-state index in [4.69, 9.17) is 0 Å². The third kappa shape index (κ3) is 5.72. The highest BCUT2D eigenvalue weighted by molar-refractivity contribution is 7.89. The zero-order chi connectivity index (χ0) is 24.1. The maximum atomic E-state index is 13.1. The third-order valence-electron chi connectivity index (χ3n) is 6.39. The number of aryl methyl sites for hydroxylation is 1. The Labute approximate surface area is 201 Å². The largest absolute Gasteiger partial charge is 0.340 e. The van der Waals surface area contributed by atoms with Gasteiger partial charge < -0.3 is 16.0 Å². The summed E-state index contributed by atoms with van der Waals surface area (Å²) in [6.07, 6.45) is 5.38. The SMILES string of the molecule is CNC1CCC(N(C)S(=O)(=O)c2ccc(Nc3nccc(Nc4ccc(C)cc4)n3)cc2)CC1. The molecule has 3 aromatic rings. The van der Waals surface area contributed by atoms with Gasteiger partial charge in [-0.25, -0.2) is 13.4 Å². The molecule has 0 aliphatic heterocycles. The monoisotopic (exact) mass is 480 g/mol. The molecule has 1 fully saturated rings. The lowest BCUT2D eigenvalue weighted by Crippen LogP contribution is -2.42. The zero-order valence-electron chi connectivity index (χ0n) is 19.8. The van der Waals surface area contributed by atoms with E-state index in [-0.39, 0.29) is 10.9 Å². The van der Waals surface area contributed by atoms with Gasteiger partial charge in [-0.15, -0.1) is 0 Å². The molecule has 1 saturated carbocycles. The highest BCUT2D eigenvalue weighted by Gasteiger charge is 2.31. The molecule has 0 radical (unpaired) electrons. The molecule has 0 atom stereocenters. The van der Waals surface area contributed by atoms with Crippen LogP contribution in [0.2, 0.25) is 0 Å². The Morgan fingerprint density at radius 1 is 0.882 bits per heavy atom. The van der Waals surface area contributed by atoms with Gasteiger partial charge in [0, 0.05) is 36.7 Å². The molecule has 0 saturated heterocycles. The normalized spacial score (nSPS) is 18.6. The predicted octanol–water partition coefficient (Wildman–Crippen LogP) is 4.42. The van der Waals surface area contributed by atoms with Crippen LogP contribution in [0.15, 0.2) is 65.7 Å². The summed E-state index contributed by atoms with van der Waals surface area (Å²) in [6.45, 7) is 2.04. The van der Waals surface area contributed by atoms with Crippen LogP contribution in [-0.2, 0) is 10.0 Å². The first-order chi connectivity index (χ1) is 16.3. The van der Waals surface area contributed by atoms with Crippen molar-refractivity contribution >= 4 is 33.2 Å². The summed E-state index contributed by atoms with van der Waals surface area (Å²) in [5.41, 5.74) is 2.84. The van der Waals surface area contributed by atoms with Crippen molar-refractivity contribution in [2.24, 2.45) is 0 Å². The molecule has 34 heavy (non-hydrogen) atoms. The lowest BCUT2D eigenvalue weighted by atomic mass is 9.91. The van der Waals surface area contributed by atoms with Crippen molar-refractivity contribution in [3.63, 3.8) is 0 Å². The van der Waals surface area contributed by atoms with Crippen LogP contribution in [0.4, 0.5) is 23.1 Å². The minimum absolute atomic E-state index is 0.0320. The molecule has 0 amide bonds. The fourth-order valence-corrected chi connectivity index (χ4v) is 5.62. The van der Waals surface area contributed by atoms with Crippen molar-refractivity contribution in [2.75, 3.05) is 24.7 Å². The summed E-state index contributed by atoms with van der Waals surface area (Å²) < 4.78 is 27.8. The van der Waals surface area contributed by atoms with E-state index in [9.17, 15) is 8.42 Å². The van der Waals surface area contributed by atoms with Gasteiger partial charge in [0.05, 0.1) is 4.90 Å². The Bertz CT molecular complexity index is 1190. The Balaban J connectivity index is 1.41. The predicted molar refractivity (Wildman–Crippen MR) is 136 cm³/mol. The number of aromatic nitrogens is 2. The molecule has 9 heteroatoms. The summed E-state index contributed by atoms with van der Waals surface area (Å²) in [7, 11) is 0.0950. The molecule has 4 rings (SSSR count). The van der Waals surface area contributed by atoms with E-state index >= 15 is 0 Å². The van der Waals surface area contributed by atoms with Gasteiger partial charge >= 0.3 is 0 Å². The molecule has 1 heterocycles.